The van der Waals surface area contributed by atoms with Crippen LogP contribution >= 0.6 is 0 Å². The van der Waals surface area contributed by atoms with E-state index < -0.39 is 39.7 Å². The second-order valence-corrected chi connectivity index (χ2v) is 9.40. The van der Waals surface area contributed by atoms with Crippen LogP contribution in [0.1, 0.15) is 61.7 Å². The second-order valence-electron chi connectivity index (χ2n) is 7.66. The fraction of sp³-hybridized carbons (Fsp3) is 0.364. The number of pyridine rings is 1. The molecule has 0 aliphatic rings. The van der Waals surface area contributed by atoms with E-state index >= 15 is 0 Å². The number of carbonyl (C=O) groups excluding carboxylic acids is 1. The molecule has 2 aromatic rings. The van der Waals surface area contributed by atoms with E-state index in [-0.39, 0.29) is 17.3 Å². The van der Waals surface area contributed by atoms with Crippen molar-refractivity contribution in [3.8, 4) is 0 Å². The Morgan fingerprint density at radius 2 is 1.85 bits per heavy atom. The van der Waals surface area contributed by atoms with Gasteiger partial charge < -0.3 is 5.32 Å². The average molecular weight is 488 g/mol. The van der Waals surface area contributed by atoms with Gasteiger partial charge in [-0.15, -0.1) is 0 Å². The molecule has 0 aliphatic heterocycles. The lowest BCUT2D eigenvalue weighted by atomic mass is 9.98. The first-order chi connectivity index (χ1) is 15.2. The van der Waals surface area contributed by atoms with Gasteiger partial charge in [-0.05, 0) is 54.7 Å². The summed E-state index contributed by atoms with van der Waals surface area (Å²) in [5.74, 6) is -1.60. The molecule has 2 N–H and O–H groups in total. The summed E-state index contributed by atoms with van der Waals surface area (Å²) in [7, 11) is -3.64. The van der Waals surface area contributed by atoms with Crippen LogP contribution in [0.15, 0.2) is 36.4 Å². The molecule has 1 aromatic carbocycles. The second kappa shape index (κ2) is 10.3. The number of amides is 1. The van der Waals surface area contributed by atoms with Crippen LogP contribution in [-0.4, -0.2) is 25.6 Å². The van der Waals surface area contributed by atoms with Gasteiger partial charge in [0.05, 0.1) is 23.7 Å². The molecule has 180 valence electrons. The first-order valence-electron chi connectivity index (χ1n) is 10.0. The highest BCUT2D eigenvalue weighted by atomic mass is 32.2. The molecular formula is C22H25F4N3O3S. The Bertz CT molecular complexity index is 1150. The fourth-order valence-corrected chi connectivity index (χ4v) is 3.53. The molecule has 11 heteroatoms. The molecule has 6 nitrogen and oxygen atoms in total. The summed E-state index contributed by atoms with van der Waals surface area (Å²) < 4.78 is 77.8. The maximum atomic E-state index is 14.2. The van der Waals surface area contributed by atoms with E-state index in [0.29, 0.717) is 17.5 Å². The maximum Gasteiger partial charge on any atom is 0.433 e. The summed E-state index contributed by atoms with van der Waals surface area (Å²) in [6.07, 6.45) is -0.555. The summed E-state index contributed by atoms with van der Waals surface area (Å²) in [5, 5.41) is 2.63. The van der Waals surface area contributed by atoms with Crippen molar-refractivity contribution in [2.75, 3.05) is 11.0 Å². The number of carbonyl (C=O) groups is 1. The minimum Gasteiger partial charge on any atom is -0.346 e. The highest BCUT2D eigenvalue weighted by Gasteiger charge is 2.33. The monoisotopic (exact) mass is 487 g/mol. The summed E-state index contributed by atoms with van der Waals surface area (Å²) in [4.78, 5) is 16.1. The lowest BCUT2D eigenvalue weighted by molar-refractivity contribution is -0.141. The largest absolute Gasteiger partial charge is 0.433 e. The molecule has 0 saturated heterocycles. The van der Waals surface area contributed by atoms with E-state index in [0.717, 1.165) is 18.4 Å². The van der Waals surface area contributed by atoms with Gasteiger partial charge in [0.15, 0.2) is 0 Å². The molecule has 0 spiro atoms. The van der Waals surface area contributed by atoms with Crippen LogP contribution in [0.25, 0.3) is 6.08 Å². The quantitative estimate of drug-likeness (QED) is 0.405. The number of sulfonamides is 1. The van der Waals surface area contributed by atoms with Crippen LogP contribution in [0.3, 0.4) is 0 Å². The Kier molecular flexibility index (Phi) is 8.23. The standard InChI is InChI=1S/C22H25F4N3O3S/c1-5-13(2)21-15(7-10-19(28-21)22(24,25)26)8-11-20(30)27-14(3)16-6-9-18(17(23)12-16)29-33(4,31)32/h6-14,29H,5H2,1-4H3,(H,27,30)/b11-8+/t13-,14?/m1/s1. The van der Waals surface area contributed by atoms with Crippen LogP contribution in [0, 0.1) is 5.82 Å². The SMILES string of the molecule is CC[C@@H](C)c1nc(C(F)(F)F)ccc1/C=C/C(=O)NC(C)c1ccc(NS(C)(=O)=O)c(F)c1. The first kappa shape index (κ1) is 26.3. The number of nitrogens with zero attached hydrogens (tertiary/aromatic N) is 1. The third kappa shape index (κ3) is 7.55. The molecule has 0 bridgehead atoms. The van der Waals surface area contributed by atoms with Gasteiger partial charge in [-0.25, -0.2) is 17.8 Å². The average Bonchev–Trinajstić information content (AvgIpc) is 2.71. The Labute approximate surface area is 190 Å². The van der Waals surface area contributed by atoms with Crippen molar-refractivity contribution in [3.05, 3.63) is 64.7 Å². The normalized spacial score (nSPS) is 14.2. The van der Waals surface area contributed by atoms with Gasteiger partial charge in [0.2, 0.25) is 15.9 Å². The van der Waals surface area contributed by atoms with E-state index in [2.05, 4.69) is 10.3 Å². The zero-order valence-electron chi connectivity index (χ0n) is 18.5. The number of halogens is 4. The molecule has 0 fully saturated rings. The molecule has 1 unspecified atom stereocenters. The van der Waals surface area contributed by atoms with E-state index in [9.17, 15) is 30.8 Å². The summed E-state index contributed by atoms with van der Waals surface area (Å²) in [5.41, 5.74) is -0.191. The van der Waals surface area contributed by atoms with Crippen molar-refractivity contribution in [2.24, 2.45) is 0 Å². The van der Waals surface area contributed by atoms with Crippen molar-refractivity contribution in [1.82, 2.24) is 10.3 Å². The Morgan fingerprint density at radius 3 is 2.39 bits per heavy atom. The fourth-order valence-electron chi connectivity index (χ4n) is 2.97. The Morgan fingerprint density at radius 1 is 1.18 bits per heavy atom. The number of benzene rings is 1. The molecule has 0 saturated carbocycles. The van der Waals surface area contributed by atoms with E-state index in [4.69, 9.17) is 0 Å². The van der Waals surface area contributed by atoms with Crippen molar-refractivity contribution in [2.45, 2.75) is 45.3 Å². The molecule has 2 atom stereocenters. The predicted molar refractivity (Wildman–Crippen MR) is 118 cm³/mol. The van der Waals surface area contributed by atoms with Crippen LogP contribution in [-0.2, 0) is 21.0 Å². The minimum atomic E-state index is -4.57. The Hall–Kier alpha value is -2.95. The van der Waals surface area contributed by atoms with Crippen LogP contribution in [0.5, 0.6) is 0 Å². The zero-order valence-corrected chi connectivity index (χ0v) is 19.3. The van der Waals surface area contributed by atoms with Crippen molar-refractivity contribution in [3.63, 3.8) is 0 Å². The lowest BCUT2D eigenvalue weighted by Gasteiger charge is -2.16. The van der Waals surface area contributed by atoms with Crippen molar-refractivity contribution < 1.29 is 30.8 Å². The van der Waals surface area contributed by atoms with Crippen LogP contribution < -0.4 is 10.0 Å². The van der Waals surface area contributed by atoms with Gasteiger partial charge in [-0.3, -0.25) is 9.52 Å². The van der Waals surface area contributed by atoms with E-state index in [1.807, 2.05) is 11.6 Å². The first-order valence-corrected chi connectivity index (χ1v) is 11.9. The number of hydrogen-bond donors (Lipinski definition) is 2. The van der Waals surface area contributed by atoms with Crippen LogP contribution in [0.4, 0.5) is 23.2 Å². The highest BCUT2D eigenvalue weighted by Crippen LogP contribution is 2.31. The molecular weight excluding hydrogens is 462 g/mol. The minimum absolute atomic E-state index is 0.216. The predicted octanol–water partition coefficient (Wildman–Crippen LogP) is 5.02. The summed E-state index contributed by atoms with van der Waals surface area (Å²) >= 11 is 0. The van der Waals surface area contributed by atoms with Crippen molar-refractivity contribution >= 4 is 27.7 Å². The van der Waals surface area contributed by atoms with Gasteiger partial charge in [0.25, 0.3) is 0 Å². The summed E-state index contributed by atoms with van der Waals surface area (Å²) in [6.45, 7) is 5.18. The zero-order chi connectivity index (χ0) is 25.0. The number of aromatic nitrogens is 1. The molecule has 33 heavy (non-hydrogen) atoms. The maximum absolute atomic E-state index is 14.2. The smallest absolute Gasteiger partial charge is 0.346 e. The number of nitrogens with one attached hydrogen (secondary N) is 2. The number of rotatable bonds is 8. The van der Waals surface area contributed by atoms with Gasteiger partial charge in [-0.2, -0.15) is 13.2 Å². The molecule has 0 aliphatic carbocycles. The lowest BCUT2D eigenvalue weighted by Crippen LogP contribution is -2.24. The third-order valence-electron chi connectivity index (χ3n) is 4.89. The van der Waals surface area contributed by atoms with Gasteiger partial charge >= 0.3 is 6.18 Å². The van der Waals surface area contributed by atoms with Gasteiger partial charge in [0, 0.05) is 6.08 Å². The van der Waals surface area contributed by atoms with Gasteiger partial charge in [-0.1, -0.05) is 26.0 Å². The van der Waals surface area contributed by atoms with E-state index in [1.54, 1.807) is 13.8 Å². The molecule has 0 radical (unpaired) electrons. The summed E-state index contributed by atoms with van der Waals surface area (Å²) in [6, 6.07) is 5.32. The topological polar surface area (TPSA) is 88.2 Å². The number of anilines is 1. The third-order valence-corrected chi connectivity index (χ3v) is 5.48. The van der Waals surface area contributed by atoms with Gasteiger partial charge in [0.1, 0.15) is 11.5 Å². The number of hydrogen-bond acceptors (Lipinski definition) is 4. The highest BCUT2D eigenvalue weighted by molar-refractivity contribution is 7.92. The van der Waals surface area contributed by atoms with E-state index in [1.165, 1.54) is 30.4 Å². The van der Waals surface area contributed by atoms with Crippen LogP contribution in [0.2, 0.25) is 0 Å². The molecule has 1 amide bonds. The Balaban J connectivity index is 2.17. The molecule has 1 heterocycles. The molecule has 2 rings (SSSR count). The molecule has 1 aromatic heterocycles. The number of alkyl halides is 3. The van der Waals surface area contributed by atoms with Crippen molar-refractivity contribution in [1.29, 1.82) is 0 Å².